The first kappa shape index (κ1) is 18.0. The average molecular weight is 341 g/mol. The van der Waals surface area contributed by atoms with Gasteiger partial charge in [-0.05, 0) is 61.3 Å². The molecule has 0 aromatic heterocycles. The van der Waals surface area contributed by atoms with Crippen LogP contribution in [0, 0.1) is 0 Å². The Morgan fingerprint density at radius 1 is 1.17 bits per heavy atom. The van der Waals surface area contributed by atoms with Crippen molar-refractivity contribution in [3.05, 3.63) is 0 Å². The molecule has 5 nitrogen and oxygen atoms in total. The molecule has 0 N–H and O–H groups in total. The first-order valence-corrected chi connectivity index (χ1v) is 8.68. The molecule has 1 aliphatic carbocycles. The molecule has 7 heteroatoms. The number of rotatable bonds is 2. The predicted molar refractivity (Wildman–Crippen MR) is 89.7 cm³/mol. The van der Waals surface area contributed by atoms with Crippen molar-refractivity contribution in [1.82, 2.24) is 4.90 Å². The Labute approximate surface area is 144 Å². The number of alkyl halides is 1. The quantitative estimate of drug-likeness (QED) is 0.721. The van der Waals surface area contributed by atoms with Crippen LogP contribution in [-0.4, -0.2) is 53.7 Å². The summed E-state index contributed by atoms with van der Waals surface area (Å²) < 4.78 is 31.6. The maximum Gasteiger partial charge on any atom is 0.466 e. The number of ether oxygens (including phenoxy) is 1. The number of carbonyl (C=O) groups excluding carboxylic acids is 1. The van der Waals surface area contributed by atoms with Crippen molar-refractivity contribution in [1.29, 1.82) is 0 Å². The minimum absolute atomic E-state index is 0.339. The second-order valence-corrected chi connectivity index (χ2v) is 9.73. The van der Waals surface area contributed by atoms with Gasteiger partial charge in [-0.25, -0.2) is 9.18 Å². The Kier molecular flexibility index (Phi) is 3.66. The second-order valence-electron chi connectivity index (χ2n) is 9.73. The van der Waals surface area contributed by atoms with E-state index in [0.717, 1.165) is 0 Å². The average Bonchev–Trinajstić information content (AvgIpc) is 2.92. The van der Waals surface area contributed by atoms with E-state index in [9.17, 15) is 9.18 Å². The van der Waals surface area contributed by atoms with E-state index in [1.54, 1.807) is 4.90 Å². The Bertz CT molecular complexity index is 535. The fourth-order valence-electron chi connectivity index (χ4n) is 4.12. The molecule has 1 amide bonds. The van der Waals surface area contributed by atoms with Gasteiger partial charge in [0.15, 0.2) is 0 Å². The molecule has 1 saturated carbocycles. The van der Waals surface area contributed by atoms with Crippen molar-refractivity contribution in [3.63, 3.8) is 0 Å². The molecule has 0 aromatic rings. The lowest BCUT2D eigenvalue weighted by Gasteiger charge is -2.46. The normalized spacial score (nSPS) is 36.7. The highest BCUT2D eigenvalue weighted by Gasteiger charge is 2.75. The van der Waals surface area contributed by atoms with E-state index < -0.39 is 42.2 Å². The lowest BCUT2D eigenvalue weighted by Crippen LogP contribution is -2.55. The van der Waals surface area contributed by atoms with Crippen LogP contribution in [0.2, 0.25) is 5.31 Å². The summed E-state index contributed by atoms with van der Waals surface area (Å²) in [4.78, 5) is 14.1. The first-order valence-electron chi connectivity index (χ1n) is 8.68. The fourth-order valence-corrected chi connectivity index (χ4v) is 4.12. The van der Waals surface area contributed by atoms with Gasteiger partial charge >= 0.3 is 13.2 Å². The second kappa shape index (κ2) is 4.88. The summed E-state index contributed by atoms with van der Waals surface area (Å²) in [5.41, 5.74) is -2.22. The maximum absolute atomic E-state index is 13.8. The number of carbonyl (C=O) groups is 1. The number of nitrogens with zero attached hydrogens (tertiary/aromatic N) is 1. The van der Waals surface area contributed by atoms with Gasteiger partial charge in [0.25, 0.3) is 0 Å². The van der Waals surface area contributed by atoms with Gasteiger partial charge in [0, 0.05) is 11.9 Å². The van der Waals surface area contributed by atoms with Crippen LogP contribution in [0.5, 0.6) is 0 Å². The smallest absolute Gasteiger partial charge is 0.444 e. The van der Waals surface area contributed by atoms with E-state index in [1.807, 2.05) is 48.5 Å². The zero-order valence-corrected chi connectivity index (χ0v) is 15.9. The monoisotopic (exact) mass is 341 g/mol. The predicted octanol–water partition coefficient (Wildman–Crippen LogP) is 3.57. The van der Waals surface area contributed by atoms with Crippen LogP contribution in [0.4, 0.5) is 9.18 Å². The largest absolute Gasteiger partial charge is 0.466 e. The van der Waals surface area contributed by atoms with Crippen molar-refractivity contribution in [3.8, 4) is 0 Å². The zero-order valence-electron chi connectivity index (χ0n) is 15.9. The molecule has 4 aliphatic rings. The number of hydrogen-bond acceptors (Lipinski definition) is 4. The Morgan fingerprint density at radius 2 is 1.67 bits per heavy atom. The third-order valence-corrected chi connectivity index (χ3v) is 6.02. The van der Waals surface area contributed by atoms with E-state index in [2.05, 4.69) is 0 Å². The van der Waals surface area contributed by atoms with Gasteiger partial charge in [-0.3, -0.25) is 4.90 Å². The molecule has 24 heavy (non-hydrogen) atoms. The summed E-state index contributed by atoms with van der Waals surface area (Å²) in [6.07, 6.45) is 0.676. The summed E-state index contributed by atoms with van der Waals surface area (Å²) in [6.45, 7) is 13.3. The summed E-state index contributed by atoms with van der Waals surface area (Å²) >= 11 is 0. The van der Waals surface area contributed by atoms with Crippen molar-refractivity contribution < 1.29 is 23.2 Å². The van der Waals surface area contributed by atoms with Crippen LogP contribution >= 0.6 is 0 Å². The number of hydrogen-bond donors (Lipinski definition) is 0. The van der Waals surface area contributed by atoms with Gasteiger partial charge in [-0.15, -0.1) is 0 Å². The molecule has 0 atom stereocenters. The van der Waals surface area contributed by atoms with Crippen LogP contribution in [0.1, 0.15) is 61.3 Å². The molecule has 4 fully saturated rings. The standard InChI is InChI=1S/C17H29BFNO4/c1-13(2,3)22-12(21)20-11-16(8-17(20,9-16)10-19)18-23-14(4,5)15(6,7)24-18/h8-11H2,1-7H3. The van der Waals surface area contributed by atoms with Gasteiger partial charge in [0.1, 0.15) is 12.3 Å². The molecule has 0 spiro atoms. The van der Waals surface area contributed by atoms with Gasteiger partial charge in [-0.1, -0.05) is 0 Å². The fraction of sp³-hybridized carbons (Fsp3) is 0.941. The third kappa shape index (κ3) is 2.46. The summed E-state index contributed by atoms with van der Waals surface area (Å²) in [5, 5.41) is -0.339. The minimum Gasteiger partial charge on any atom is -0.444 e. The molecule has 2 bridgehead atoms. The van der Waals surface area contributed by atoms with Crippen LogP contribution in [-0.2, 0) is 14.0 Å². The Balaban J connectivity index is 1.79. The van der Waals surface area contributed by atoms with Crippen molar-refractivity contribution >= 4 is 13.2 Å². The van der Waals surface area contributed by atoms with Crippen LogP contribution in [0.25, 0.3) is 0 Å². The molecule has 3 aliphatic heterocycles. The van der Waals surface area contributed by atoms with Crippen LogP contribution in [0.15, 0.2) is 0 Å². The third-order valence-electron chi connectivity index (χ3n) is 6.02. The topological polar surface area (TPSA) is 48.0 Å². The lowest BCUT2D eigenvalue weighted by molar-refractivity contribution is 0.000413. The molecular weight excluding hydrogens is 312 g/mol. The minimum atomic E-state index is -0.758. The van der Waals surface area contributed by atoms with E-state index in [0.29, 0.717) is 19.4 Å². The maximum atomic E-state index is 13.8. The van der Waals surface area contributed by atoms with E-state index in [4.69, 9.17) is 14.0 Å². The molecule has 0 aromatic carbocycles. The molecular formula is C17H29BFNO4. The molecule has 136 valence electrons. The highest BCUT2D eigenvalue weighted by molar-refractivity contribution is 6.50. The molecule has 0 unspecified atom stereocenters. The summed E-state index contributed by atoms with van der Waals surface area (Å²) in [7, 11) is -0.422. The number of halogens is 1. The summed E-state index contributed by atoms with van der Waals surface area (Å²) in [5.74, 6) is 0. The van der Waals surface area contributed by atoms with Crippen LogP contribution in [0.3, 0.4) is 0 Å². The molecule has 3 saturated heterocycles. The van der Waals surface area contributed by atoms with Gasteiger partial charge < -0.3 is 14.0 Å². The lowest BCUT2D eigenvalue weighted by atomic mass is 9.44. The van der Waals surface area contributed by atoms with E-state index in [1.165, 1.54) is 0 Å². The van der Waals surface area contributed by atoms with Gasteiger partial charge in [-0.2, -0.15) is 0 Å². The van der Waals surface area contributed by atoms with Crippen molar-refractivity contribution in [2.75, 3.05) is 13.2 Å². The van der Waals surface area contributed by atoms with Crippen LogP contribution < -0.4 is 0 Å². The Hall–Kier alpha value is -0.815. The number of amides is 1. The highest BCUT2D eigenvalue weighted by Crippen LogP contribution is 2.68. The van der Waals surface area contributed by atoms with Gasteiger partial charge in [0.05, 0.1) is 16.7 Å². The van der Waals surface area contributed by atoms with E-state index in [-0.39, 0.29) is 5.31 Å². The zero-order chi connectivity index (χ0) is 18.2. The highest BCUT2D eigenvalue weighted by atomic mass is 19.1. The summed E-state index contributed by atoms with van der Waals surface area (Å²) in [6, 6.07) is 0. The molecule has 4 rings (SSSR count). The van der Waals surface area contributed by atoms with E-state index >= 15 is 0 Å². The first-order chi connectivity index (χ1) is 10.8. The molecule has 0 radical (unpaired) electrons. The number of fused-ring (bicyclic) bond motifs is 1. The Morgan fingerprint density at radius 3 is 2.08 bits per heavy atom. The van der Waals surface area contributed by atoms with Crippen molar-refractivity contribution in [2.24, 2.45) is 0 Å². The van der Waals surface area contributed by atoms with Crippen molar-refractivity contribution in [2.45, 2.75) is 89.0 Å². The molecule has 3 heterocycles. The SMILES string of the molecule is CC(C)(C)OC(=O)N1CC2(B3OC(C)(C)C(C)(C)O3)CC1(CF)C2. The van der Waals surface area contributed by atoms with Gasteiger partial charge in [0.2, 0.25) is 0 Å².